The van der Waals surface area contributed by atoms with Gasteiger partial charge in [0.05, 0.1) is 6.10 Å². The van der Waals surface area contributed by atoms with Crippen LogP contribution in [0.15, 0.2) is 24.3 Å². The molecule has 0 aromatic heterocycles. The Bertz CT molecular complexity index is 455. The topological polar surface area (TPSA) is 24.5 Å². The summed E-state index contributed by atoms with van der Waals surface area (Å²) in [5.41, 5.74) is 1.36. The van der Waals surface area contributed by atoms with Gasteiger partial charge in [-0.05, 0) is 70.6 Å². The molecule has 1 saturated carbocycles. The Morgan fingerprint density at radius 1 is 1.14 bits per heavy atom. The van der Waals surface area contributed by atoms with E-state index >= 15 is 0 Å². The highest BCUT2D eigenvalue weighted by atomic mass is 16.5. The summed E-state index contributed by atoms with van der Waals surface area (Å²) in [6.07, 6.45) is 8.22. The molecule has 0 amide bonds. The van der Waals surface area contributed by atoms with Gasteiger partial charge in [0.2, 0.25) is 0 Å². The minimum atomic E-state index is 0.444. The molecule has 2 fully saturated rings. The molecule has 1 saturated heterocycles. The van der Waals surface area contributed by atoms with Crippen molar-refractivity contribution >= 4 is 0 Å². The Morgan fingerprint density at radius 2 is 1.95 bits per heavy atom. The van der Waals surface area contributed by atoms with E-state index in [0.29, 0.717) is 6.10 Å². The lowest BCUT2D eigenvalue weighted by atomic mass is 9.97. The van der Waals surface area contributed by atoms with Crippen molar-refractivity contribution in [2.24, 2.45) is 5.92 Å². The predicted molar refractivity (Wildman–Crippen MR) is 91.3 cm³/mol. The summed E-state index contributed by atoms with van der Waals surface area (Å²) < 4.78 is 6.28. The zero-order valence-electron chi connectivity index (χ0n) is 13.9. The third-order valence-electron chi connectivity index (χ3n) is 5.06. The first-order valence-electron chi connectivity index (χ1n) is 8.96. The first-order valence-corrected chi connectivity index (χ1v) is 8.96. The zero-order chi connectivity index (χ0) is 15.2. The van der Waals surface area contributed by atoms with Crippen LogP contribution in [-0.2, 0) is 6.54 Å². The molecule has 1 N–H and O–H groups in total. The largest absolute Gasteiger partial charge is 0.490 e. The van der Waals surface area contributed by atoms with Crippen LogP contribution >= 0.6 is 0 Å². The average Bonchev–Trinajstić information content (AvgIpc) is 3.03. The maximum absolute atomic E-state index is 6.28. The molecule has 3 rings (SSSR count). The molecule has 0 radical (unpaired) electrons. The van der Waals surface area contributed by atoms with Crippen LogP contribution in [0.4, 0.5) is 0 Å². The summed E-state index contributed by atoms with van der Waals surface area (Å²) in [4.78, 5) is 2.60. The van der Waals surface area contributed by atoms with Gasteiger partial charge >= 0.3 is 0 Å². The van der Waals surface area contributed by atoms with Crippen LogP contribution in [0.5, 0.6) is 5.75 Å². The van der Waals surface area contributed by atoms with Gasteiger partial charge < -0.3 is 10.1 Å². The Kier molecular flexibility index (Phi) is 5.74. The number of hydrogen-bond acceptors (Lipinski definition) is 3. The number of nitrogens with zero attached hydrogens (tertiary/aromatic N) is 1. The van der Waals surface area contributed by atoms with E-state index < -0.39 is 0 Å². The van der Waals surface area contributed by atoms with Crippen LogP contribution in [-0.4, -0.2) is 37.7 Å². The SMILES string of the molecule is CNC[C@@H]1CCCN(Cc2ccccc2OC2CCCC2)C1. The van der Waals surface area contributed by atoms with Crippen molar-refractivity contribution in [3.05, 3.63) is 29.8 Å². The smallest absolute Gasteiger partial charge is 0.124 e. The van der Waals surface area contributed by atoms with Crippen molar-refractivity contribution < 1.29 is 4.74 Å². The monoisotopic (exact) mass is 302 g/mol. The van der Waals surface area contributed by atoms with E-state index in [0.717, 1.165) is 24.8 Å². The first kappa shape index (κ1) is 15.8. The fourth-order valence-electron chi connectivity index (χ4n) is 3.93. The van der Waals surface area contributed by atoms with Crippen LogP contribution in [0.2, 0.25) is 0 Å². The summed E-state index contributed by atoms with van der Waals surface area (Å²) >= 11 is 0. The molecule has 122 valence electrons. The van der Waals surface area contributed by atoms with Crippen LogP contribution < -0.4 is 10.1 Å². The normalized spacial score (nSPS) is 23.8. The van der Waals surface area contributed by atoms with Crippen molar-refractivity contribution in [1.82, 2.24) is 10.2 Å². The summed E-state index contributed by atoms with van der Waals surface area (Å²) in [5.74, 6) is 1.91. The molecule has 1 atom stereocenters. The van der Waals surface area contributed by atoms with Crippen LogP contribution in [0.1, 0.15) is 44.1 Å². The average molecular weight is 302 g/mol. The molecule has 0 bridgehead atoms. The number of benzene rings is 1. The van der Waals surface area contributed by atoms with E-state index in [1.54, 1.807) is 0 Å². The van der Waals surface area contributed by atoms with Gasteiger partial charge in [-0.3, -0.25) is 4.90 Å². The van der Waals surface area contributed by atoms with Crippen LogP contribution in [0, 0.1) is 5.92 Å². The van der Waals surface area contributed by atoms with Gasteiger partial charge in [-0.25, -0.2) is 0 Å². The molecular weight excluding hydrogens is 272 g/mol. The standard InChI is InChI=1S/C19H30N2O/c1-20-13-16-7-6-12-21(14-16)15-17-8-2-5-11-19(17)22-18-9-3-4-10-18/h2,5,8,11,16,18,20H,3-4,6-7,9-10,12-15H2,1H3/t16-/m0/s1. The predicted octanol–water partition coefficient (Wildman–Crippen LogP) is 3.44. The van der Waals surface area contributed by atoms with E-state index in [2.05, 4.69) is 41.5 Å². The molecule has 1 aliphatic heterocycles. The van der Waals surface area contributed by atoms with Gasteiger partial charge in [0.25, 0.3) is 0 Å². The second-order valence-corrected chi connectivity index (χ2v) is 6.93. The molecule has 3 heteroatoms. The Balaban J connectivity index is 1.61. The van der Waals surface area contributed by atoms with Crippen molar-refractivity contribution in [2.45, 2.75) is 51.2 Å². The van der Waals surface area contributed by atoms with Crippen LogP contribution in [0.25, 0.3) is 0 Å². The lowest BCUT2D eigenvalue weighted by molar-refractivity contribution is 0.160. The number of para-hydroxylation sites is 1. The second kappa shape index (κ2) is 7.98. The Morgan fingerprint density at radius 3 is 2.77 bits per heavy atom. The van der Waals surface area contributed by atoms with Crippen LogP contribution in [0.3, 0.4) is 0 Å². The van der Waals surface area contributed by atoms with Gasteiger partial charge in [0.15, 0.2) is 0 Å². The summed E-state index contributed by atoms with van der Waals surface area (Å²) in [6, 6.07) is 8.65. The summed E-state index contributed by atoms with van der Waals surface area (Å²) in [6.45, 7) is 4.59. The molecule has 1 aromatic carbocycles. The van der Waals surface area contributed by atoms with E-state index in [4.69, 9.17) is 4.74 Å². The lowest BCUT2D eigenvalue weighted by Crippen LogP contribution is -2.38. The molecule has 2 aliphatic rings. The molecule has 1 heterocycles. The molecule has 3 nitrogen and oxygen atoms in total. The van der Waals surface area contributed by atoms with Gasteiger partial charge in [0, 0.05) is 18.7 Å². The number of hydrogen-bond donors (Lipinski definition) is 1. The van der Waals surface area contributed by atoms with Gasteiger partial charge in [-0.2, -0.15) is 0 Å². The second-order valence-electron chi connectivity index (χ2n) is 6.93. The Hall–Kier alpha value is -1.06. The first-order chi connectivity index (χ1) is 10.8. The highest BCUT2D eigenvalue weighted by molar-refractivity contribution is 5.33. The number of likely N-dealkylation sites (tertiary alicyclic amines) is 1. The third-order valence-corrected chi connectivity index (χ3v) is 5.06. The Labute approximate surface area is 135 Å². The maximum atomic E-state index is 6.28. The number of piperidine rings is 1. The van der Waals surface area contributed by atoms with E-state index in [1.165, 1.54) is 57.2 Å². The third kappa shape index (κ3) is 4.23. The molecule has 0 spiro atoms. The van der Waals surface area contributed by atoms with Gasteiger partial charge in [-0.1, -0.05) is 18.2 Å². The minimum absolute atomic E-state index is 0.444. The maximum Gasteiger partial charge on any atom is 0.124 e. The number of rotatable bonds is 6. The van der Waals surface area contributed by atoms with Gasteiger partial charge in [-0.15, -0.1) is 0 Å². The minimum Gasteiger partial charge on any atom is -0.490 e. The summed E-state index contributed by atoms with van der Waals surface area (Å²) in [5, 5.41) is 3.33. The highest BCUT2D eigenvalue weighted by Crippen LogP contribution is 2.28. The quantitative estimate of drug-likeness (QED) is 0.871. The summed E-state index contributed by atoms with van der Waals surface area (Å²) in [7, 11) is 2.06. The van der Waals surface area contributed by atoms with Gasteiger partial charge in [0.1, 0.15) is 5.75 Å². The van der Waals surface area contributed by atoms with Crippen molar-refractivity contribution in [2.75, 3.05) is 26.7 Å². The van der Waals surface area contributed by atoms with Crippen molar-refractivity contribution in [1.29, 1.82) is 0 Å². The molecular formula is C19H30N2O. The zero-order valence-corrected chi connectivity index (χ0v) is 13.9. The van der Waals surface area contributed by atoms with E-state index in [-0.39, 0.29) is 0 Å². The molecule has 1 aliphatic carbocycles. The molecule has 22 heavy (non-hydrogen) atoms. The number of ether oxygens (including phenoxy) is 1. The lowest BCUT2D eigenvalue weighted by Gasteiger charge is -2.33. The highest BCUT2D eigenvalue weighted by Gasteiger charge is 2.22. The van der Waals surface area contributed by atoms with Crippen molar-refractivity contribution in [3.8, 4) is 5.75 Å². The van der Waals surface area contributed by atoms with Crippen molar-refractivity contribution in [3.63, 3.8) is 0 Å². The molecule has 1 aromatic rings. The van der Waals surface area contributed by atoms with E-state index in [9.17, 15) is 0 Å². The number of nitrogens with one attached hydrogen (secondary N) is 1. The molecule has 0 unspecified atom stereocenters. The fraction of sp³-hybridized carbons (Fsp3) is 0.684. The fourth-order valence-corrected chi connectivity index (χ4v) is 3.93. The van der Waals surface area contributed by atoms with E-state index in [1.807, 2.05) is 0 Å².